The van der Waals surface area contributed by atoms with Gasteiger partial charge in [0, 0.05) is 29.2 Å². The van der Waals surface area contributed by atoms with Crippen LogP contribution in [-0.2, 0) is 13.1 Å². The lowest BCUT2D eigenvalue weighted by atomic mass is 10.2. The van der Waals surface area contributed by atoms with E-state index in [4.69, 9.17) is 9.63 Å². The molecule has 1 aromatic heterocycles. The molecule has 0 unspecified atom stereocenters. The zero-order chi connectivity index (χ0) is 13.7. The fourth-order valence-corrected chi connectivity index (χ4v) is 2.21. The summed E-state index contributed by atoms with van der Waals surface area (Å²) in [5, 5.41) is 12.7. The summed E-state index contributed by atoms with van der Waals surface area (Å²) in [5.74, 6) is 0.424. The lowest BCUT2D eigenvalue weighted by Gasteiger charge is -2.20. The number of halogens is 2. The minimum absolute atomic E-state index is 0.00373. The summed E-state index contributed by atoms with van der Waals surface area (Å²) in [7, 11) is 0. The second kappa shape index (κ2) is 6.79. The molecule has 0 spiro atoms. The Morgan fingerprint density at radius 2 is 2.16 bits per heavy atom. The molecule has 0 radical (unpaired) electrons. The average molecular weight is 329 g/mol. The van der Waals surface area contributed by atoms with Crippen molar-refractivity contribution < 1.29 is 14.0 Å². The van der Waals surface area contributed by atoms with Crippen molar-refractivity contribution in [3.05, 3.63) is 52.1 Å². The van der Waals surface area contributed by atoms with E-state index in [0.717, 1.165) is 4.47 Å². The number of benzene rings is 1. The van der Waals surface area contributed by atoms with Crippen molar-refractivity contribution in [3.63, 3.8) is 0 Å². The number of rotatable bonds is 6. The van der Waals surface area contributed by atoms with Gasteiger partial charge in [-0.2, -0.15) is 0 Å². The molecule has 2 rings (SSSR count). The predicted octanol–water partition coefficient (Wildman–Crippen LogP) is 2.57. The van der Waals surface area contributed by atoms with Gasteiger partial charge < -0.3 is 9.63 Å². The second-order valence-corrected chi connectivity index (χ2v) is 5.06. The van der Waals surface area contributed by atoms with E-state index in [-0.39, 0.29) is 12.4 Å². The minimum Gasteiger partial charge on any atom is -0.395 e. The van der Waals surface area contributed by atoms with Gasteiger partial charge >= 0.3 is 0 Å². The van der Waals surface area contributed by atoms with E-state index in [1.807, 2.05) is 4.90 Å². The first kappa shape index (κ1) is 14.2. The highest BCUT2D eigenvalue weighted by atomic mass is 79.9. The van der Waals surface area contributed by atoms with E-state index in [9.17, 15) is 4.39 Å². The lowest BCUT2D eigenvalue weighted by Crippen LogP contribution is -2.26. The Labute approximate surface area is 119 Å². The smallest absolute Gasteiger partial charge is 0.150 e. The molecule has 0 amide bonds. The molecule has 0 atom stereocenters. The van der Waals surface area contributed by atoms with Crippen molar-refractivity contribution in [1.82, 2.24) is 10.1 Å². The third-order valence-corrected chi connectivity index (χ3v) is 3.18. The number of aromatic nitrogens is 1. The van der Waals surface area contributed by atoms with Gasteiger partial charge in [0.1, 0.15) is 5.82 Å². The molecule has 102 valence electrons. The van der Waals surface area contributed by atoms with E-state index in [0.29, 0.717) is 31.0 Å². The Balaban J connectivity index is 2.09. The molecule has 1 N–H and O–H groups in total. The first-order valence-electron chi connectivity index (χ1n) is 5.85. The van der Waals surface area contributed by atoms with E-state index in [2.05, 4.69) is 21.1 Å². The molecule has 0 saturated heterocycles. The Bertz CT molecular complexity index is 519. The molecule has 0 saturated carbocycles. The highest BCUT2D eigenvalue weighted by Gasteiger charge is 2.12. The highest BCUT2D eigenvalue weighted by Crippen LogP contribution is 2.18. The van der Waals surface area contributed by atoms with Gasteiger partial charge in [-0.25, -0.2) is 4.39 Å². The molecule has 1 heterocycles. The standard InChI is InChI=1S/C13H14BrFN2O2/c14-11-1-2-13(15)10(7-11)8-17(5-6-18)9-12-3-4-16-19-12/h1-4,7,18H,5-6,8-9H2. The fraction of sp³-hybridized carbons (Fsp3) is 0.308. The van der Waals surface area contributed by atoms with Crippen molar-refractivity contribution in [3.8, 4) is 0 Å². The van der Waals surface area contributed by atoms with Gasteiger partial charge in [-0.15, -0.1) is 0 Å². The fourth-order valence-electron chi connectivity index (χ4n) is 1.80. The number of hydrogen-bond acceptors (Lipinski definition) is 4. The van der Waals surface area contributed by atoms with Crippen molar-refractivity contribution in [2.45, 2.75) is 13.1 Å². The summed E-state index contributed by atoms with van der Waals surface area (Å²) in [6.07, 6.45) is 1.56. The van der Waals surface area contributed by atoms with Gasteiger partial charge in [-0.05, 0) is 18.2 Å². The molecule has 0 fully saturated rings. The molecule has 2 aromatic rings. The van der Waals surface area contributed by atoms with Gasteiger partial charge in [0.05, 0.1) is 19.3 Å². The summed E-state index contributed by atoms with van der Waals surface area (Å²) in [5.41, 5.74) is 0.572. The van der Waals surface area contributed by atoms with Crippen LogP contribution >= 0.6 is 15.9 Å². The van der Waals surface area contributed by atoms with Crippen LogP contribution in [0.3, 0.4) is 0 Å². The molecule has 0 aliphatic carbocycles. The molecular formula is C13H14BrFN2O2. The van der Waals surface area contributed by atoms with E-state index in [1.54, 1.807) is 24.4 Å². The van der Waals surface area contributed by atoms with Crippen LogP contribution in [0.1, 0.15) is 11.3 Å². The first-order valence-corrected chi connectivity index (χ1v) is 6.65. The third kappa shape index (κ3) is 4.12. The first-order chi connectivity index (χ1) is 9.19. The van der Waals surface area contributed by atoms with Crippen LogP contribution in [0.2, 0.25) is 0 Å². The maximum absolute atomic E-state index is 13.7. The van der Waals surface area contributed by atoms with Crippen molar-refractivity contribution in [1.29, 1.82) is 0 Å². The van der Waals surface area contributed by atoms with Crippen LogP contribution in [0.5, 0.6) is 0 Å². The Hall–Kier alpha value is -1.24. The van der Waals surface area contributed by atoms with Gasteiger partial charge in [0.2, 0.25) is 0 Å². The van der Waals surface area contributed by atoms with Crippen LogP contribution in [-0.4, -0.2) is 28.3 Å². The van der Waals surface area contributed by atoms with Crippen LogP contribution in [0.15, 0.2) is 39.5 Å². The molecule has 6 heteroatoms. The zero-order valence-corrected chi connectivity index (χ0v) is 11.8. The zero-order valence-electron chi connectivity index (χ0n) is 10.2. The molecule has 19 heavy (non-hydrogen) atoms. The van der Waals surface area contributed by atoms with Crippen LogP contribution < -0.4 is 0 Å². The Kier molecular flexibility index (Phi) is 5.07. The number of hydrogen-bond donors (Lipinski definition) is 1. The number of aliphatic hydroxyl groups is 1. The highest BCUT2D eigenvalue weighted by molar-refractivity contribution is 9.10. The minimum atomic E-state index is -0.260. The van der Waals surface area contributed by atoms with E-state index < -0.39 is 0 Å². The summed E-state index contributed by atoms with van der Waals surface area (Å²) in [6, 6.07) is 6.57. The summed E-state index contributed by atoms with van der Waals surface area (Å²) >= 11 is 3.32. The summed E-state index contributed by atoms with van der Waals surface area (Å²) < 4.78 is 19.6. The van der Waals surface area contributed by atoms with Crippen LogP contribution in [0, 0.1) is 5.82 Å². The predicted molar refractivity (Wildman–Crippen MR) is 71.8 cm³/mol. The molecule has 0 bridgehead atoms. The van der Waals surface area contributed by atoms with Crippen molar-refractivity contribution in [2.24, 2.45) is 0 Å². The lowest BCUT2D eigenvalue weighted by molar-refractivity contribution is 0.168. The molecule has 0 aliphatic rings. The Morgan fingerprint density at radius 1 is 1.32 bits per heavy atom. The maximum atomic E-state index is 13.7. The summed E-state index contributed by atoms with van der Waals surface area (Å²) in [6.45, 7) is 1.31. The Morgan fingerprint density at radius 3 is 2.84 bits per heavy atom. The van der Waals surface area contributed by atoms with Crippen LogP contribution in [0.25, 0.3) is 0 Å². The van der Waals surface area contributed by atoms with E-state index >= 15 is 0 Å². The van der Waals surface area contributed by atoms with Gasteiger partial charge in [-0.1, -0.05) is 21.1 Å². The number of aliphatic hydroxyl groups excluding tert-OH is 1. The summed E-state index contributed by atoms with van der Waals surface area (Å²) in [4.78, 5) is 1.89. The van der Waals surface area contributed by atoms with Gasteiger partial charge in [0.25, 0.3) is 0 Å². The average Bonchev–Trinajstić information content (AvgIpc) is 2.87. The molecule has 0 aliphatic heterocycles. The van der Waals surface area contributed by atoms with Crippen molar-refractivity contribution in [2.75, 3.05) is 13.2 Å². The monoisotopic (exact) mass is 328 g/mol. The topological polar surface area (TPSA) is 49.5 Å². The number of nitrogens with zero attached hydrogens (tertiary/aromatic N) is 2. The van der Waals surface area contributed by atoms with Gasteiger partial charge in [0.15, 0.2) is 5.76 Å². The van der Waals surface area contributed by atoms with Gasteiger partial charge in [-0.3, -0.25) is 4.90 Å². The van der Waals surface area contributed by atoms with E-state index in [1.165, 1.54) is 6.07 Å². The largest absolute Gasteiger partial charge is 0.395 e. The third-order valence-electron chi connectivity index (χ3n) is 2.69. The maximum Gasteiger partial charge on any atom is 0.150 e. The normalized spacial score (nSPS) is 11.2. The van der Waals surface area contributed by atoms with Crippen LogP contribution in [0.4, 0.5) is 4.39 Å². The quantitative estimate of drug-likeness (QED) is 0.885. The molecule has 4 nitrogen and oxygen atoms in total. The van der Waals surface area contributed by atoms with Crippen molar-refractivity contribution >= 4 is 15.9 Å². The molecule has 1 aromatic carbocycles. The second-order valence-electron chi connectivity index (χ2n) is 4.15. The SMILES string of the molecule is OCCN(Cc1ccno1)Cc1cc(Br)ccc1F. The molecular weight excluding hydrogens is 315 g/mol.